The lowest BCUT2D eigenvalue weighted by Gasteiger charge is -2.27. The fourth-order valence-electron chi connectivity index (χ4n) is 3.17. The summed E-state index contributed by atoms with van der Waals surface area (Å²) < 4.78 is 0. The molecule has 1 aliphatic carbocycles. The molecule has 1 heterocycles. The molecule has 1 aliphatic heterocycles. The maximum Gasteiger partial charge on any atom is 0.292 e. The highest BCUT2D eigenvalue weighted by Crippen LogP contribution is 2.38. The monoisotopic (exact) mass is 261 g/mol. The number of piperidine rings is 1. The smallest absolute Gasteiger partial charge is 0.292 e. The van der Waals surface area contributed by atoms with Crippen LogP contribution in [0, 0.1) is 16.0 Å². The van der Waals surface area contributed by atoms with Crippen molar-refractivity contribution in [2.24, 2.45) is 5.92 Å². The van der Waals surface area contributed by atoms with Crippen LogP contribution in [0.5, 0.6) is 0 Å². The third kappa shape index (κ3) is 1.93. The Balaban J connectivity index is 1.88. The molecule has 0 aromatic heterocycles. The van der Waals surface area contributed by atoms with E-state index in [9.17, 15) is 14.9 Å². The molecule has 100 valence electrons. The predicted octanol–water partition coefficient (Wildman–Crippen LogP) is 1.80. The summed E-state index contributed by atoms with van der Waals surface area (Å²) in [6.45, 7) is 0.779. The molecule has 2 bridgehead atoms. The van der Waals surface area contributed by atoms with Crippen molar-refractivity contribution >= 4 is 17.3 Å². The van der Waals surface area contributed by atoms with Gasteiger partial charge >= 0.3 is 0 Å². The van der Waals surface area contributed by atoms with Crippen molar-refractivity contribution in [2.75, 3.05) is 12.3 Å². The highest BCUT2D eigenvalue weighted by molar-refractivity contribution is 5.96. The lowest BCUT2D eigenvalue weighted by molar-refractivity contribution is -0.383. The van der Waals surface area contributed by atoms with Gasteiger partial charge < -0.3 is 10.6 Å². The molecule has 2 N–H and O–H groups in total. The number of carbonyl (C=O) groups is 1. The number of benzene rings is 1. The number of nitrogens with two attached hydrogens (primary N) is 1. The minimum atomic E-state index is -0.553. The Labute approximate surface area is 110 Å². The number of rotatable bonds is 2. The van der Waals surface area contributed by atoms with Crippen LogP contribution in [-0.2, 0) is 0 Å². The van der Waals surface area contributed by atoms with Crippen LogP contribution >= 0.6 is 0 Å². The van der Waals surface area contributed by atoms with Gasteiger partial charge in [0.25, 0.3) is 11.6 Å². The number of carbonyl (C=O) groups excluding carboxylic acids is 1. The Morgan fingerprint density at radius 2 is 2.21 bits per heavy atom. The minimum absolute atomic E-state index is 0.0875. The lowest BCUT2D eigenvalue weighted by atomic mass is 10.1. The van der Waals surface area contributed by atoms with Gasteiger partial charge in [0, 0.05) is 24.2 Å². The van der Waals surface area contributed by atoms with E-state index in [-0.39, 0.29) is 17.3 Å². The van der Waals surface area contributed by atoms with Gasteiger partial charge in [-0.15, -0.1) is 0 Å². The molecular weight excluding hydrogens is 246 g/mol. The van der Waals surface area contributed by atoms with Crippen LogP contribution in [0.15, 0.2) is 18.2 Å². The van der Waals surface area contributed by atoms with E-state index in [1.54, 1.807) is 6.07 Å². The maximum atomic E-state index is 12.4. The summed E-state index contributed by atoms with van der Waals surface area (Å²) >= 11 is 0. The number of likely N-dealkylation sites (tertiary alicyclic amines) is 1. The van der Waals surface area contributed by atoms with Gasteiger partial charge in [0.05, 0.1) is 4.92 Å². The number of nitrogen functional groups attached to an aromatic ring is 1. The minimum Gasteiger partial charge on any atom is -0.393 e. The average Bonchev–Trinajstić information content (AvgIpc) is 3.00. The first-order chi connectivity index (χ1) is 9.06. The second-order valence-corrected chi connectivity index (χ2v) is 5.32. The summed E-state index contributed by atoms with van der Waals surface area (Å²) in [5, 5.41) is 10.8. The average molecular weight is 261 g/mol. The van der Waals surface area contributed by atoms with Gasteiger partial charge in [0.2, 0.25) is 0 Å². The zero-order valence-corrected chi connectivity index (χ0v) is 10.4. The van der Waals surface area contributed by atoms with E-state index in [0.29, 0.717) is 17.5 Å². The van der Waals surface area contributed by atoms with Crippen molar-refractivity contribution in [3.05, 3.63) is 33.9 Å². The first-order valence-electron chi connectivity index (χ1n) is 6.41. The highest BCUT2D eigenvalue weighted by atomic mass is 16.6. The first kappa shape index (κ1) is 12.0. The van der Waals surface area contributed by atoms with Crippen molar-refractivity contribution < 1.29 is 9.72 Å². The number of nitro benzene ring substituents is 1. The van der Waals surface area contributed by atoms with E-state index in [2.05, 4.69) is 0 Å². The van der Waals surface area contributed by atoms with Crippen molar-refractivity contribution in [3.63, 3.8) is 0 Å². The van der Waals surface area contributed by atoms with Crippen molar-refractivity contribution in [3.8, 4) is 0 Å². The van der Waals surface area contributed by atoms with Gasteiger partial charge in [-0.3, -0.25) is 14.9 Å². The first-order valence-corrected chi connectivity index (χ1v) is 6.41. The van der Waals surface area contributed by atoms with Crippen LogP contribution in [0.25, 0.3) is 0 Å². The van der Waals surface area contributed by atoms with E-state index in [1.165, 1.54) is 18.6 Å². The predicted molar refractivity (Wildman–Crippen MR) is 69.7 cm³/mol. The van der Waals surface area contributed by atoms with Crippen molar-refractivity contribution in [1.29, 1.82) is 0 Å². The standard InChI is InChI=1S/C13H15N3O3/c14-11-4-2-9(6-12(11)16(18)19)13(17)15-7-8-1-3-10(15)5-8/h2,4,6,8,10H,1,3,5,7,14H2. The van der Waals surface area contributed by atoms with Crippen LogP contribution < -0.4 is 5.73 Å². The molecule has 2 aliphatic rings. The molecule has 0 radical (unpaired) electrons. The maximum absolute atomic E-state index is 12.4. The van der Waals surface area contributed by atoms with Crippen LogP contribution in [0.4, 0.5) is 11.4 Å². The molecule has 0 spiro atoms. The zero-order valence-electron chi connectivity index (χ0n) is 10.4. The summed E-state index contributed by atoms with van der Waals surface area (Å²) in [6, 6.07) is 4.59. The number of amides is 1. The number of anilines is 1. The molecule has 2 unspecified atom stereocenters. The number of hydrogen-bond donors (Lipinski definition) is 1. The Bertz CT molecular complexity index is 558. The molecule has 1 aromatic carbocycles. The summed E-state index contributed by atoms with van der Waals surface area (Å²) in [4.78, 5) is 24.5. The molecule has 6 heteroatoms. The van der Waals surface area contributed by atoms with Crippen LogP contribution in [0.1, 0.15) is 29.6 Å². The second-order valence-electron chi connectivity index (χ2n) is 5.32. The van der Waals surface area contributed by atoms with Gasteiger partial charge in [-0.2, -0.15) is 0 Å². The molecule has 2 atom stereocenters. The quantitative estimate of drug-likeness (QED) is 0.499. The summed E-state index contributed by atoms with van der Waals surface area (Å²) in [5.74, 6) is 0.494. The molecule has 1 amide bonds. The molecule has 6 nitrogen and oxygen atoms in total. The third-order valence-electron chi connectivity index (χ3n) is 4.14. The lowest BCUT2D eigenvalue weighted by Crippen LogP contribution is -2.37. The normalized spacial score (nSPS) is 24.7. The largest absolute Gasteiger partial charge is 0.393 e. The molecule has 19 heavy (non-hydrogen) atoms. The van der Waals surface area contributed by atoms with Gasteiger partial charge in [0.15, 0.2) is 0 Å². The second kappa shape index (κ2) is 4.22. The Hall–Kier alpha value is -2.11. The topological polar surface area (TPSA) is 89.5 Å². The van der Waals surface area contributed by atoms with Gasteiger partial charge in [-0.05, 0) is 37.3 Å². The Morgan fingerprint density at radius 1 is 1.42 bits per heavy atom. The fraction of sp³-hybridized carbons (Fsp3) is 0.462. The molecular formula is C13H15N3O3. The summed E-state index contributed by atoms with van der Waals surface area (Å²) in [6.07, 6.45) is 3.31. The van der Waals surface area contributed by atoms with Crippen LogP contribution in [-0.4, -0.2) is 28.3 Å². The number of nitrogens with zero attached hydrogens (tertiary/aromatic N) is 2. The van der Waals surface area contributed by atoms with Gasteiger partial charge in [0.1, 0.15) is 5.69 Å². The van der Waals surface area contributed by atoms with E-state index < -0.39 is 4.92 Å². The fourth-order valence-corrected chi connectivity index (χ4v) is 3.17. The summed E-state index contributed by atoms with van der Waals surface area (Å²) in [7, 11) is 0. The Kier molecular flexibility index (Phi) is 2.66. The van der Waals surface area contributed by atoms with Crippen molar-refractivity contribution in [1.82, 2.24) is 4.90 Å². The zero-order chi connectivity index (χ0) is 13.6. The molecule has 3 rings (SSSR count). The highest BCUT2D eigenvalue weighted by Gasteiger charge is 2.40. The van der Waals surface area contributed by atoms with Crippen LogP contribution in [0.2, 0.25) is 0 Å². The third-order valence-corrected chi connectivity index (χ3v) is 4.14. The number of nitro groups is 1. The molecule has 1 aromatic rings. The molecule has 1 saturated carbocycles. The van der Waals surface area contributed by atoms with E-state index in [0.717, 1.165) is 19.4 Å². The summed E-state index contributed by atoms with van der Waals surface area (Å²) in [5.41, 5.74) is 5.78. The van der Waals surface area contributed by atoms with E-state index in [4.69, 9.17) is 5.73 Å². The van der Waals surface area contributed by atoms with Crippen LogP contribution in [0.3, 0.4) is 0 Å². The Morgan fingerprint density at radius 3 is 2.79 bits per heavy atom. The van der Waals surface area contributed by atoms with Gasteiger partial charge in [-0.1, -0.05) is 0 Å². The number of fused-ring (bicyclic) bond motifs is 2. The van der Waals surface area contributed by atoms with E-state index in [1.807, 2.05) is 4.90 Å². The molecule has 1 saturated heterocycles. The molecule has 2 fully saturated rings. The van der Waals surface area contributed by atoms with Gasteiger partial charge in [-0.25, -0.2) is 0 Å². The van der Waals surface area contributed by atoms with Crippen molar-refractivity contribution in [2.45, 2.75) is 25.3 Å². The van der Waals surface area contributed by atoms with E-state index >= 15 is 0 Å². The SMILES string of the molecule is Nc1ccc(C(=O)N2CC3CCC2C3)cc1[N+](=O)[O-]. The number of hydrogen-bond acceptors (Lipinski definition) is 4.